The minimum atomic E-state index is -1.65. The third kappa shape index (κ3) is 8.62. The summed E-state index contributed by atoms with van der Waals surface area (Å²) in [4.78, 5) is 56.4. The van der Waals surface area contributed by atoms with Gasteiger partial charge in [0, 0.05) is 6.42 Å². The highest BCUT2D eigenvalue weighted by Gasteiger charge is 2.30. The van der Waals surface area contributed by atoms with Crippen LogP contribution in [0.5, 0.6) is 0 Å². The molecule has 9 N–H and O–H groups in total. The molecule has 4 unspecified atom stereocenters. The first-order chi connectivity index (χ1) is 11.5. The maximum Gasteiger partial charge on any atom is 0.328 e. The summed E-state index contributed by atoms with van der Waals surface area (Å²) in [6.07, 6.45) is -2.69. The van der Waals surface area contributed by atoms with Crippen LogP contribution in [0.2, 0.25) is 0 Å². The Kier molecular flexibility index (Phi) is 9.09. The van der Waals surface area contributed by atoms with Crippen molar-refractivity contribution in [2.45, 2.75) is 50.4 Å². The van der Waals surface area contributed by atoms with E-state index in [9.17, 15) is 29.1 Å². The molecular formula is C13H22N4O8. The van der Waals surface area contributed by atoms with Crippen LogP contribution in [0.3, 0.4) is 0 Å². The SMILES string of the molecule is CC(O)C(NC(=O)C(CCC(N)=O)NC(=O)C(N)CC(=O)O)C(=O)O. The fourth-order valence-electron chi connectivity index (χ4n) is 1.76. The van der Waals surface area contributed by atoms with Gasteiger partial charge in [0.1, 0.15) is 6.04 Å². The molecule has 0 saturated heterocycles. The van der Waals surface area contributed by atoms with Crippen LogP contribution in [0.15, 0.2) is 0 Å². The molecular weight excluding hydrogens is 340 g/mol. The lowest BCUT2D eigenvalue weighted by atomic mass is 10.1. The van der Waals surface area contributed by atoms with Crippen LogP contribution in [0, 0.1) is 0 Å². The van der Waals surface area contributed by atoms with Gasteiger partial charge in [0.2, 0.25) is 17.7 Å². The zero-order chi connectivity index (χ0) is 19.7. The number of rotatable bonds is 11. The summed E-state index contributed by atoms with van der Waals surface area (Å²) >= 11 is 0. The lowest BCUT2D eigenvalue weighted by molar-refractivity contribution is -0.145. The summed E-state index contributed by atoms with van der Waals surface area (Å²) in [5.74, 6) is -5.58. The fraction of sp³-hybridized carbons (Fsp3) is 0.615. The molecule has 0 heterocycles. The number of hydrogen-bond donors (Lipinski definition) is 7. The van der Waals surface area contributed by atoms with E-state index in [1.54, 1.807) is 0 Å². The van der Waals surface area contributed by atoms with Crippen LogP contribution < -0.4 is 22.1 Å². The predicted octanol–water partition coefficient (Wildman–Crippen LogP) is -3.51. The lowest BCUT2D eigenvalue weighted by Gasteiger charge is -2.23. The van der Waals surface area contributed by atoms with Crippen molar-refractivity contribution < 1.29 is 39.3 Å². The molecule has 0 fully saturated rings. The van der Waals surface area contributed by atoms with Crippen molar-refractivity contribution in [3.05, 3.63) is 0 Å². The number of nitrogens with one attached hydrogen (secondary N) is 2. The van der Waals surface area contributed by atoms with Gasteiger partial charge >= 0.3 is 11.9 Å². The number of aliphatic hydroxyl groups is 1. The first-order valence-electron chi connectivity index (χ1n) is 7.23. The van der Waals surface area contributed by atoms with Crippen molar-refractivity contribution in [1.82, 2.24) is 10.6 Å². The van der Waals surface area contributed by atoms with Gasteiger partial charge in [-0.05, 0) is 13.3 Å². The van der Waals surface area contributed by atoms with Crippen molar-refractivity contribution in [2.24, 2.45) is 11.5 Å². The molecule has 142 valence electrons. The van der Waals surface area contributed by atoms with Gasteiger partial charge in [-0.1, -0.05) is 0 Å². The van der Waals surface area contributed by atoms with Crippen LogP contribution >= 0.6 is 0 Å². The summed E-state index contributed by atoms with van der Waals surface area (Å²) < 4.78 is 0. The van der Waals surface area contributed by atoms with Gasteiger partial charge in [0.05, 0.1) is 18.6 Å². The molecule has 0 saturated carbocycles. The van der Waals surface area contributed by atoms with Gasteiger partial charge in [-0.3, -0.25) is 19.2 Å². The van der Waals surface area contributed by atoms with Gasteiger partial charge in [-0.15, -0.1) is 0 Å². The van der Waals surface area contributed by atoms with Crippen molar-refractivity contribution in [3.8, 4) is 0 Å². The standard InChI is InChI=1S/C13H22N4O8/c1-5(18)10(13(24)25)17-12(23)7(2-3-8(15)19)16-11(22)6(14)4-9(20)21/h5-7,10,18H,2-4,14H2,1H3,(H2,15,19)(H,16,22)(H,17,23)(H,20,21)(H,24,25). The van der Waals surface area contributed by atoms with Crippen LogP contribution in [0.25, 0.3) is 0 Å². The summed E-state index contributed by atoms with van der Waals surface area (Å²) in [5, 5.41) is 31.0. The maximum atomic E-state index is 12.1. The van der Waals surface area contributed by atoms with Crippen LogP contribution in [0.1, 0.15) is 26.2 Å². The summed E-state index contributed by atoms with van der Waals surface area (Å²) in [7, 11) is 0. The molecule has 0 aromatic heterocycles. The Morgan fingerprint density at radius 2 is 1.60 bits per heavy atom. The van der Waals surface area contributed by atoms with Crippen molar-refractivity contribution in [2.75, 3.05) is 0 Å². The molecule has 0 aliphatic heterocycles. The summed E-state index contributed by atoms with van der Waals surface area (Å²) in [6.45, 7) is 1.14. The van der Waals surface area contributed by atoms with Crippen molar-refractivity contribution in [1.29, 1.82) is 0 Å². The Bertz CT molecular complexity index is 536. The number of primary amides is 1. The number of nitrogens with two attached hydrogens (primary N) is 2. The van der Waals surface area contributed by atoms with E-state index in [2.05, 4.69) is 5.32 Å². The number of carboxylic acids is 2. The molecule has 0 spiro atoms. The maximum absolute atomic E-state index is 12.1. The van der Waals surface area contributed by atoms with Gasteiger partial charge in [-0.25, -0.2) is 4.79 Å². The van der Waals surface area contributed by atoms with E-state index in [-0.39, 0.29) is 12.8 Å². The van der Waals surface area contributed by atoms with Crippen LogP contribution in [-0.2, 0) is 24.0 Å². The van der Waals surface area contributed by atoms with E-state index >= 15 is 0 Å². The molecule has 12 heteroatoms. The number of carbonyl (C=O) groups is 5. The molecule has 0 aromatic carbocycles. The van der Waals surface area contributed by atoms with Gasteiger partial charge in [0.15, 0.2) is 6.04 Å². The number of carboxylic acid groups (broad SMARTS) is 2. The average molecular weight is 362 g/mol. The Labute approximate surface area is 142 Å². The van der Waals surface area contributed by atoms with E-state index in [4.69, 9.17) is 21.7 Å². The van der Waals surface area contributed by atoms with E-state index in [0.29, 0.717) is 0 Å². The second-order valence-electron chi connectivity index (χ2n) is 5.34. The molecule has 0 radical (unpaired) electrons. The molecule has 12 nitrogen and oxygen atoms in total. The highest BCUT2D eigenvalue weighted by Crippen LogP contribution is 2.02. The zero-order valence-corrected chi connectivity index (χ0v) is 13.5. The molecule has 0 aromatic rings. The fourth-order valence-corrected chi connectivity index (χ4v) is 1.76. The monoisotopic (exact) mass is 362 g/mol. The number of aliphatic carboxylic acids is 2. The Morgan fingerprint density at radius 3 is 2.00 bits per heavy atom. The molecule has 25 heavy (non-hydrogen) atoms. The molecule has 0 bridgehead atoms. The van der Waals surface area contributed by atoms with Crippen molar-refractivity contribution in [3.63, 3.8) is 0 Å². The first kappa shape index (κ1) is 22.3. The highest BCUT2D eigenvalue weighted by atomic mass is 16.4. The quantitative estimate of drug-likeness (QED) is 0.193. The average Bonchev–Trinajstić information content (AvgIpc) is 2.46. The second-order valence-corrected chi connectivity index (χ2v) is 5.34. The minimum Gasteiger partial charge on any atom is -0.481 e. The normalized spacial score (nSPS) is 15.3. The Hall–Kier alpha value is -2.73. The van der Waals surface area contributed by atoms with Gasteiger partial charge in [0.25, 0.3) is 0 Å². The summed E-state index contributed by atoms with van der Waals surface area (Å²) in [5.41, 5.74) is 10.3. The largest absolute Gasteiger partial charge is 0.481 e. The third-order valence-corrected chi connectivity index (χ3v) is 3.09. The second kappa shape index (κ2) is 10.2. The van der Waals surface area contributed by atoms with Crippen molar-refractivity contribution >= 4 is 29.7 Å². The van der Waals surface area contributed by atoms with Crippen LogP contribution in [0.4, 0.5) is 0 Å². The van der Waals surface area contributed by atoms with E-state index in [0.717, 1.165) is 6.92 Å². The van der Waals surface area contributed by atoms with Gasteiger partial charge < -0.3 is 37.4 Å². The predicted molar refractivity (Wildman–Crippen MR) is 81.8 cm³/mol. The molecule has 0 rings (SSSR count). The molecule has 0 aliphatic carbocycles. The van der Waals surface area contributed by atoms with Crippen LogP contribution in [-0.4, -0.2) is 69.2 Å². The van der Waals surface area contributed by atoms with E-state index in [1.807, 2.05) is 5.32 Å². The Balaban J connectivity index is 5.10. The summed E-state index contributed by atoms with van der Waals surface area (Å²) in [6, 6.07) is -4.48. The van der Waals surface area contributed by atoms with E-state index < -0.39 is 60.3 Å². The number of hydrogen-bond acceptors (Lipinski definition) is 7. The zero-order valence-electron chi connectivity index (χ0n) is 13.5. The smallest absolute Gasteiger partial charge is 0.328 e. The lowest BCUT2D eigenvalue weighted by Crippen LogP contribution is -2.56. The third-order valence-electron chi connectivity index (χ3n) is 3.09. The minimum absolute atomic E-state index is 0.265. The first-order valence-corrected chi connectivity index (χ1v) is 7.23. The molecule has 3 amide bonds. The highest BCUT2D eigenvalue weighted by molar-refractivity contribution is 5.93. The molecule has 0 aliphatic rings. The number of carbonyl (C=O) groups excluding carboxylic acids is 3. The molecule has 4 atom stereocenters. The van der Waals surface area contributed by atoms with E-state index in [1.165, 1.54) is 0 Å². The number of amides is 3. The topological polar surface area (TPSA) is 222 Å². The van der Waals surface area contributed by atoms with Gasteiger partial charge in [-0.2, -0.15) is 0 Å². The Morgan fingerprint density at radius 1 is 1.04 bits per heavy atom. The number of aliphatic hydroxyl groups excluding tert-OH is 1.